The van der Waals surface area contributed by atoms with Crippen LogP contribution in [0.4, 0.5) is 5.69 Å². The van der Waals surface area contributed by atoms with E-state index < -0.39 is 5.97 Å². The molecule has 4 N–H and O–H groups in total. The van der Waals surface area contributed by atoms with Gasteiger partial charge in [-0.1, -0.05) is 25.5 Å². The molecule has 1 rings (SSSR count). The minimum absolute atomic E-state index is 0.0130. The third kappa shape index (κ3) is 5.36. The molecule has 0 aliphatic rings. The summed E-state index contributed by atoms with van der Waals surface area (Å²) in [7, 11) is 0. The van der Waals surface area contributed by atoms with Gasteiger partial charge in [0, 0.05) is 18.3 Å². The number of nitrogens with two attached hydrogens (primary N) is 1. The third-order valence-electron chi connectivity index (χ3n) is 2.50. The molecule has 0 fully saturated rings. The normalized spacial score (nSPS) is 12.1. The van der Waals surface area contributed by atoms with Gasteiger partial charge in [0.25, 0.3) is 0 Å². The van der Waals surface area contributed by atoms with Gasteiger partial charge in [-0.2, -0.15) is 0 Å². The Hall–Kier alpha value is -1.55. The van der Waals surface area contributed by atoms with Gasteiger partial charge in [-0.25, -0.2) is 0 Å². The summed E-state index contributed by atoms with van der Waals surface area (Å²) in [6.45, 7) is 2.62. The molecule has 0 aliphatic carbocycles. The van der Waals surface area contributed by atoms with Gasteiger partial charge in [-0.3, -0.25) is 4.79 Å². The molecule has 94 valence electrons. The first-order valence-corrected chi connectivity index (χ1v) is 5.92. The Balaban J connectivity index is 2.38. The summed E-state index contributed by atoms with van der Waals surface area (Å²) in [5.74, 6) is -0.863. The summed E-state index contributed by atoms with van der Waals surface area (Å²) in [6, 6.07) is 7.79. The molecule has 0 aliphatic heterocycles. The number of hydrogen-bond acceptors (Lipinski definition) is 3. The Morgan fingerprint density at radius 2 is 2.06 bits per heavy atom. The van der Waals surface area contributed by atoms with E-state index in [0.29, 0.717) is 6.54 Å². The van der Waals surface area contributed by atoms with Crippen molar-refractivity contribution in [2.45, 2.75) is 32.2 Å². The Bertz CT molecular complexity index is 349. The molecule has 17 heavy (non-hydrogen) atoms. The fourth-order valence-electron chi connectivity index (χ4n) is 1.62. The Kier molecular flexibility index (Phi) is 5.49. The number of benzene rings is 1. The highest BCUT2D eigenvalue weighted by atomic mass is 16.4. The van der Waals surface area contributed by atoms with Crippen molar-refractivity contribution in [2.24, 2.45) is 5.73 Å². The predicted molar refractivity (Wildman–Crippen MR) is 69.2 cm³/mol. The van der Waals surface area contributed by atoms with E-state index in [1.54, 1.807) is 0 Å². The van der Waals surface area contributed by atoms with E-state index in [9.17, 15) is 4.79 Å². The maximum absolute atomic E-state index is 10.4. The molecule has 0 bridgehead atoms. The molecule has 0 aromatic heterocycles. The van der Waals surface area contributed by atoms with Crippen molar-refractivity contribution in [1.82, 2.24) is 0 Å². The number of carboxylic acid groups (broad SMARTS) is 1. The summed E-state index contributed by atoms with van der Waals surface area (Å²) in [4.78, 5) is 10.4. The number of aliphatic carboxylic acids is 1. The molecule has 4 nitrogen and oxygen atoms in total. The standard InChI is InChI=1S/C13H20N2O2/c1-2-3-10-4-6-12(7-5-10)15-9-11(14)8-13(16)17/h4-7,11,15H,2-3,8-9,14H2,1H3,(H,16,17). The van der Waals surface area contributed by atoms with Crippen molar-refractivity contribution in [2.75, 3.05) is 11.9 Å². The topological polar surface area (TPSA) is 75.3 Å². The van der Waals surface area contributed by atoms with Crippen molar-refractivity contribution in [3.63, 3.8) is 0 Å². The van der Waals surface area contributed by atoms with Crippen LogP contribution in [0.5, 0.6) is 0 Å². The second-order valence-corrected chi connectivity index (χ2v) is 4.19. The predicted octanol–water partition coefficient (Wildman–Crippen LogP) is 1.85. The highest BCUT2D eigenvalue weighted by molar-refractivity contribution is 5.67. The van der Waals surface area contributed by atoms with Gasteiger partial charge in [0.1, 0.15) is 0 Å². The molecule has 1 unspecified atom stereocenters. The van der Waals surface area contributed by atoms with E-state index in [1.807, 2.05) is 12.1 Å². The van der Waals surface area contributed by atoms with E-state index >= 15 is 0 Å². The van der Waals surface area contributed by atoms with Crippen molar-refractivity contribution in [3.8, 4) is 0 Å². The van der Waals surface area contributed by atoms with Gasteiger partial charge in [0.05, 0.1) is 6.42 Å². The van der Waals surface area contributed by atoms with Crippen molar-refractivity contribution < 1.29 is 9.90 Å². The van der Waals surface area contributed by atoms with E-state index in [2.05, 4.69) is 24.4 Å². The van der Waals surface area contributed by atoms with Gasteiger partial charge in [0.2, 0.25) is 0 Å². The van der Waals surface area contributed by atoms with Crippen molar-refractivity contribution >= 4 is 11.7 Å². The molecule has 0 saturated carbocycles. The van der Waals surface area contributed by atoms with Crippen LogP contribution in [0.15, 0.2) is 24.3 Å². The zero-order valence-corrected chi connectivity index (χ0v) is 10.1. The van der Waals surface area contributed by atoms with Crippen LogP contribution in [0.3, 0.4) is 0 Å². The van der Waals surface area contributed by atoms with Crippen LogP contribution < -0.4 is 11.1 Å². The fraction of sp³-hybridized carbons (Fsp3) is 0.462. The Morgan fingerprint density at radius 1 is 1.41 bits per heavy atom. The van der Waals surface area contributed by atoms with Crippen LogP contribution in [-0.2, 0) is 11.2 Å². The first-order valence-electron chi connectivity index (χ1n) is 5.92. The maximum Gasteiger partial charge on any atom is 0.304 e. The van der Waals surface area contributed by atoms with Gasteiger partial charge >= 0.3 is 5.97 Å². The zero-order chi connectivity index (χ0) is 12.7. The minimum Gasteiger partial charge on any atom is -0.481 e. The van der Waals surface area contributed by atoms with E-state index in [-0.39, 0.29) is 12.5 Å². The Labute approximate surface area is 102 Å². The number of carboxylic acids is 1. The second kappa shape index (κ2) is 6.91. The SMILES string of the molecule is CCCc1ccc(NCC(N)CC(=O)O)cc1. The van der Waals surface area contributed by atoms with Crippen LogP contribution in [0, 0.1) is 0 Å². The number of nitrogens with one attached hydrogen (secondary N) is 1. The number of rotatable bonds is 7. The first kappa shape index (κ1) is 13.5. The van der Waals surface area contributed by atoms with Gasteiger partial charge < -0.3 is 16.2 Å². The summed E-state index contributed by atoms with van der Waals surface area (Å²) in [5, 5.41) is 11.7. The van der Waals surface area contributed by atoms with Gasteiger partial charge in [0.15, 0.2) is 0 Å². The van der Waals surface area contributed by atoms with Crippen LogP contribution in [0.25, 0.3) is 0 Å². The van der Waals surface area contributed by atoms with Gasteiger partial charge in [-0.05, 0) is 24.1 Å². The summed E-state index contributed by atoms with van der Waals surface area (Å²) >= 11 is 0. The molecular formula is C13H20N2O2. The minimum atomic E-state index is -0.863. The molecule has 4 heteroatoms. The average molecular weight is 236 g/mol. The smallest absolute Gasteiger partial charge is 0.304 e. The summed E-state index contributed by atoms with van der Waals surface area (Å²) < 4.78 is 0. The first-order chi connectivity index (χ1) is 8.11. The van der Waals surface area contributed by atoms with Crippen LogP contribution in [0.2, 0.25) is 0 Å². The second-order valence-electron chi connectivity index (χ2n) is 4.19. The highest BCUT2D eigenvalue weighted by Gasteiger charge is 2.07. The monoisotopic (exact) mass is 236 g/mol. The lowest BCUT2D eigenvalue weighted by atomic mass is 10.1. The Morgan fingerprint density at radius 3 is 2.59 bits per heavy atom. The van der Waals surface area contributed by atoms with Crippen LogP contribution in [0.1, 0.15) is 25.3 Å². The van der Waals surface area contributed by atoms with Crippen molar-refractivity contribution in [3.05, 3.63) is 29.8 Å². The molecular weight excluding hydrogens is 216 g/mol. The summed E-state index contributed by atoms with van der Waals surface area (Å²) in [5.41, 5.74) is 7.95. The van der Waals surface area contributed by atoms with Crippen LogP contribution in [-0.4, -0.2) is 23.7 Å². The summed E-state index contributed by atoms with van der Waals surface area (Å²) in [6.07, 6.45) is 2.20. The van der Waals surface area contributed by atoms with E-state index in [4.69, 9.17) is 10.8 Å². The molecule has 1 aromatic rings. The lowest BCUT2D eigenvalue weighted by Gasteiger charge is -2.12. The molecule has 1 atom stereocenters. The zero-order valence-electron chi connectivity index (χ0n) is 10.1. The lowest BCUT2D eigenvalue weighted by Crippen LogP contribution is -2.31. The lowest BCUT2D eigenvalue weighted by molar-refractivity contribution is -0.137. The maximum atomic E-state index is 10.4. The third-order valence-corrected chi connectivity index (χ3v) is 2.50. The average Bonchev–Trinajstić information content (AvgIpc) is 2.28. The van der Waals surface area contributed by atoms with Gasteiger partial charge in [-0.15, -0.1) is 0 Å². The van der Waals surface area contributed by atoms with Crippen LogP contribution >= 0.6 is 0 Å². The number of aryl methyl sites for hydroxylation is 1. The molecule has 0 radical (unpaired) electrons. The molecule has 1 aromatic carbocycles. The largest absolute Gasteiger partial charge is 0.481 e. The molecule has 0 spiro atoms. The number of hydrogen-bond donors (Lipinski definition) is 3. The molecule has 0 amide bonds. The van der Waals surface area contributed by atoms with Crippen molar-refractivity contribution in [1.29, 1.82) is 0 Å². The molecule has 0 heterocycles. The fourth-order valence-corrected chi connectivity index (χ4v) is 1.62. The van der Waals surface area contributed by atoms with E-state index in [1.165, 1.54) is 5.56 Å². The van der Waals surface area contributed by atoms with E-state index in [0.717, 1.165) is 18.5 Å². The number of carbonyl (C=O) groups is 1. The molecule has 0 saturated heterocycles. The highest BCUT2D eigenvalue weighted by Crippen LogP contribution is 2.10. The quantitative estimate of drug-likeness (QED) is 0.675. The number of anilines is 1.